The van der Waals surface area contributed by atoms with Crippen molar-refractivity contribution in [3.05, 3.63) is 23.5 Å². The number of sulfonamides is 1. The van der Waals surface area contributed by atoms with Gasteiger partial charge in [0.1, 0.15) is 11.9 Å². The van der Waals surface area contributed by atoms with Gasteiger partial charge in [-0.2, -0.15) is 0 Å². The molecule has 2 N–H and O–H groups in total. The maximum atomic E-state index is 14.3. The number of benzene rings is 1. The molecular formula is C18H24FNO5S. The van der Waals surface area contributed by atoms with E-state index in [0.717, 1.165) is 18.4 Å². The molecule has 0 heterocycles. The Morgan fingerprint density at radius 2 is 1.92 bits per heavy atom. The van der Waals surface area contributed by atoms with Crippen molar-refractivity contribution >= 4 is 15.9 Å². The molecule has 1 aromatic rings. The number of carbonyl (C=O) groups excluding carboxylic acids is 1. The van der Waals surface area contributed by atoms with Gasteiger partial charge in [0.05, 0.1) is 11.8 Å². The van der Waals surface area contributed by atoms with Crippen LogP contribution in [0.3, 0.4) is 0 Å². The van der Waals surface area contributed by atoms with Crippen LogP contribution >= 0.6 is 0 Å². The predicted octanol–water partition coefficient (Wildman–Crippen LogP) is 2.53. The van der Waals surface area contributed by atoms with Gasteiger partial charge in [0.15, 0.2) is 11.5 Å². The molecule has 0 saturated heterocycles. The third-order valence-corrected chi connectivity index (χ3v) is 6.88. The van der Waals surface area contributed by atoms with Gasteiger partial charge in [-0.25, -0.2) is 17.5 Å². The van der Waals surface area contributed by atoms with E-state index in [1.54, 1.807) is 4.72 Å². The van der Waals surface area contributed by atoms with Crippen LogP contribution in [0.25, 0.3) is 0 Å². The molecule has 6 nitrogen and oxygen atoms in total. The fourth-order valence-electron chi connectivity index (χ4n) is 4.78. The fourth-order valence-corrected chi connectivity index (χ4v) is 5.23. The lowest BCUT2D eigenvalue weighted by Crippen LogP contribution is -2.71. The number of hydrogen-bond donors (Lipinski definition) is 2. The van der Waals surface area contributed by atoms with Gasteiger partial charge in [-0.3, -0.25) is 4.79 Å². The van der Waals surface area contributed by atoms with Gasteiger partial charge in [-0.1, -0.05) is 27.7 Å². The molecule has 1 aromatic carbocycles. The van der Waals surface area contributed by atoms with E-state index in [9.17, 15) is 22.7 Å². The van der Waals surface area contributed by atoms with Gasteiger partial charge in [0.25, 0.3) is 5.91 Å². The Morgan fingerprint density at radius 3 is 2.50 bits per heavy atom. The zero-order valence-corrected chi connectivity index (χ0v) is 16.2. The van der Waals surface area contributed by atoms with Crippen molar-refractivity contribution in [3.8, 4) is 11.5 Å². The number of phenolic OH excluding ortho intramolecular Hbond substituents is 1. The van der Waals surface area contributed by atoms with E-state index < -0.39 is 33.1 Å². The van der Waals surface area contributed by atoms with E-state index in [4.69, 9.17) is 4.74 Å². The van der Waals surface area contributed by atoms with Crippen molar-refractivity contribution in [1.82, 2.24) is 4.72 Å². The number of phenols is 1. The van der Waals surface area contributed by atoms with Crippen LogP contribution in [-0.2, 0) is 10.0 Å². The summed E-state index contributed by atoms with van der Waals surface area (Å²) in [5.41, 5.74) is -0.317. The highest BCUT2D eigenvalue weighted by atomic mass is 32.2. The Morgan fingerprint density at radius 1 is 1.31 bits per heavy atom. The number of nitrogens with one attached hydrogen (secondary N) is 1. The summed E-state index contributed by atoms with van der Waals surface area (Å²) in [6.07, 6.45) is 0.666. The van der Waals surface area contributed by atoms with Crippen LogP contribution in [-0.4, -0.2) is 31.8 Å². The van der Waals surface area contributed by atoms with Crippen molar-refractivity contribution in [2.24, 2.45) is 29.1 Å². The molecule has 26 heavy (non-hydrogen) atoms. The molecule has 0 aliphatic heterocycles. The molecular weight excluding hydrogens is 361 g/mol. The highest BCUT2D eigenvalue weighted by Crippen LogP contribution is 2.68. The van der Waals surface area contributed by atoms with Crippen molar-refractivity contribution in [1.29, 1.82) is 0 Å². The van der Waals surface area contributed by atoms with E-state index in [1.165, 1.54) is 0 Å². The van der Waals surface area contributed by atoms with Gasteiger partial charge < -0.3 is 9.84 Å². The van der Waals surface area contributed by atoms with Crippen LogP contribution in [0.15, 0.2) is 12.1 Å². The molecule has 2 unspecified atom stereocenters. The second-order valence-corrected chi connectivity index (χ2v) is 9.91. The highest BCUT2D eigenvalue weighted by Gasteiger charge is 2.68. The second-order valence-electron chi connectivity index (χ2n) is 8.16. The molecule has 0 spiro atoms. The van der Waals surface area contributed by atoms with Gasteiger partial charge in [0.2, 0.25) is 10.0 Å². The Bertz CT molecular complexity index is 867. The molecule has 2 aliphatic carbocycles. The largest absolute Gasteiger partial charge is 0.504 e. The minimum atomic E-state index is -3.83. The standard InChI is InChI=1S/C18H24FNO5S/c1-8-15-14(9(2)18(15,3)4)16(8)25-13-7-11(19)10(6-12(13)21)17(22)20-26(5,23)24/h6-9,14-16,21H,1-5H3,(H,20,22)/t8?,9-,14?,15-,16-/m0/s1. The number of aromatic hydroxyl groups is 1. The summed E-state index contributed by atoms with van der Waals surface area (Å²) in [4.78, 5) is 11.8. The summed E-state index contributed by atoms with van der Waals surface area (Å²) < 4.78 is 44.0. The summed E-state index contributed by atoms with van der Waals surface area (Å²) >= 11 is 0. The molecule has 2 aliphatic rings. The molecule has 0 aromatic heterocycles. The smallest absolute Gasteiger partial charge is 0.267 e. The Labute approximate surface area is 152 Å². The predicted molar refractivity (Wildman–Crippen MR) is 93.9 cm³/mol. The average Bonchev–Trinajstić information content (AvgIpc) is 2.49. The van der Waals surface area contributed by atoms with Crippen molar-refractivity contribution in [2.45, 2.75) is 33.8 Å². The van der Waals surface area contributed by atoms with Gasteiger partial charge in [0, 0.05) is 12.0 Å². The third-order valence-electron chi connectivity index (χ3n) is 6.32. The monoisotopic (exact) mass is 385 g/mol. The summed E-state index contributed by atoms with van der Waals surface area (Å²) in [6, 6.07) is 1.82. The summed E-state index contributed by atoms with van der Waals surface area (Å²) in [5, 5.41) is 10.1. The summed E-state index contributed by atoms with van der Waals surface area (Å²) in [6.45, 7) is 8.72. The van der Waals surface area contributed by atoms with Crippen LogP contribution in [0.1, 0.15) is 38.1 Å². The lowest BCUT2D eigenvalue weighted by molar-refractivity contribution is -0.257. The van der Waals surface area contributed by atoms with Crippen LogP contribution in [0.4, 0.5) is 4.39 Å². The number of fused-ring (bicyclic) bond motifs is 1. The van der Waals surface area contributed by atoms with Crippen LogP contribution in [0.5, 0.6) is 11.5 Å². The minimum Gasteiger partial charge on any atom is -0.504 e. The molecule has 0 radical (unpaired) electrons. The summed E-state index contributed by atoms with van der Waals surface area (Å²) in [7, 11) is -3.83. The fraction of sp³-hybridized carbons (Fsp3) is 0.611. The van der Waals surface area contributed by atoms with E-state index in [0.29, 0.717) is 17.8 Å². The zero-order chi connectivity index (χ0) is 19.6. The molecule has 8 heteroatoms. The molecule has 144 valence electrons. The first-order valence-corrected chi connectivity index (χ1v) is 10.4. The number of carbonyl (C=O) groups is 1. The van der Waals surface area contributed by atoms with E-state index in [2.05, 4.69) is 27.7 Å². The average molecular weight is 385 g/mol. The second kappa shape index (κ2) is 5.84. The highest BCUT2D eigenvalue weighted by molar-refractivity contribution is 7.89. The molecule has 0 bridgehead atoms. The normalized spacial score (nSPS) is 32.0. The van der Waals surface area contributed by atoms with E-state index >= 15 is 0 Å². The van der Waals surface area contributed by atoms with Crippen molar-refractivity contribution in [3.63, 3.8) is 0 Å². The van der Waals surface area contributed by atoms with E-state index in [-0.39, 0.29) is 23.2 Å². The number of amides is 1. The number of ether oxygens (including phenoxy) is 1. The lowest BCUT2D eigenvalue weighted by Gasteiger charge is -2.70. The van der Waals surface area contributed by atoms with Gasteiger partial charge in [-0.15, -0.1) is 0 Å². The first-order chi connectivity index (χ1) is 11.8. The number of hydrogen-bond acceptors (Lipinski definition) is 5. The first-order valence-electron chi connectivity index (χ1n) is 8.56. The summed E-state index contributed by atoms with van der Waals surface area (Å²) in [5.74, 6) is -0.896. The number of halogens is 1. The van der Waals surface area contributed by atoms with Crippen LogP contribution < -0.4 is 9.46 Å². The van der Waals surface area contributed by atoms with E-state index in [1.807, 2.05) is 0 Å². The van der Waals surface area contributed by atoms with Crippen LogP contribution in [0.2, 0.25) is 0 Å². The maximum Gasteiger partial charge on any atom is 0.267 e. The van der Waals surface area contributed by atoms with Gasteiger partial charge >= 0.3 is 0 Å². The maximum absolute atomic E-state index is 14.3. The zero-order valence-electron chi connectivity index (χ0n) is 15.4. The third kappa shape index (κ3) is 2.84. The van der Waals surface area contributed by atoms with Crippen LogP contribution in [0, 0.1) is 34.9 Å². The van der Waals surface area contributed by atoms with Crippen molar-refractivity contribution < 1.29 is 27.4 Å². The van der Waals surface area contributed by atoms with Crippen molar-refractivity contribution in [2.75, 3.05) is 6.26 Å². The molecule has 5 atom stereocenters. The Kier molecular flexibility index (Phi) is 4.25. The molecule has 2 fully saturated rings. The number of rotatable bonds is 4. The topological polar surface area (TPSA) is 92.7 Å². The Hall–Kier alpha value is -1.83. The quantitative estimate of drug-likeness (QED) is 0.831. The Balaban J connectivity index is 1.79. The molecule has 3 rings (SSSR count). The molecule has 1 amide bonds. The lowest BCUT2D eigenvalue weighted by atomic mass is 9.36. The SMILES string of the molecule is CC1[C@H](Oc2cc(F)c(C(=O)NS(C)(=O)=O)cc2O)C2[C@H]1C(C)(C)[C@H]2C. The minimum absolute atomic E-state index is 0.0365. The molecule has 2 saturated carbocycles. The van der Waals surface area contributed by atoms with Gasteiger partial charge in [-0.05, 0) is 29.2 Å². The first kappa shape index (κ1) is 18.9.